The minimum Gasteiger partial charge on any atom is -0.459 e. The molecule has 6 heteroatoms. The van der Waals surface area contributed by atoms with Crippen molar-refractivity contribution in [2.75, 3.05) is 0 Å². The van der Waals surface area contributed by atoms with Gasteiger partial charge in [0.15, 0.2) is 0 Å². The average molecular weight is 347 g/mol. The number of rotatable bonds is 6. The second-order valence-corrected chi connectivity index (χ2v) is 5.87. The van der Waals surface area contributed by atoms with Crippen molar-refractivity contribution in [3.8, 4) is 0 Å². The summed E-state index contributed by atoms with van der Waals surface area (Å²) in [5.41, 5.74) is 0.0776. The van der Waals surface area contributed by atoms with Crippen LogP contribution in [0, 0.1) is 17.6 Å². The lowest BCUT2D eigenvalue weighted by atomic mass is 10.0. The number of esters is 1. The number of amides is 1. The van der Waals surface area contributed by atoms with Crippen molar-refractivity contribution in [1.29, 1.82) is 0 Å². The number of halogens is 2. The molecule has 0 fully saturated rings. The molecule has 132 valence electrons. The second-order valence-electron chi connectivity index (χ2n) is 5.87. The molecule has 0 unspecified atom stereocenters. The number of nitrogens with one attached hydrogen (secondary N) is 1. The summed E-state index contributed by atoms with van der Waals surface area (Å²) in [6.45, 7) is 3.19. The maximum atomic E-state index is 13.7. The van der Waals surface area contributed by atoms with E-state index in [1.807, 2.05) is 0 Å². The topological polar surface area (TPSA) is 55.4 Å². The maximum Gasteiger partial charge on any atom is 0.329 e. The predicted molar refractivity (Wildman–Crippen MR) is 88.7 cm³/mol. The zero-order valence-corrected chi connectivity index (χ0v) is 14.0. The highest BCUT2D eigenvalue weighted by atomic mass is 19.1. The van der Waals surface area contributed by atoms with E-state index >= 15 is 0 Å². The maximum absolute atomic E-state index is 13.7. The van der Waals surface area contributed by atoms with Crippen LogP contribution in [0.15, 0.2) is 48.5 Å². The number of hydrogen-bond acceptors (Lipinski definition) is 3. The third kappa shape index (κ3) is 4.86. The van der Waals surface area contributed by atoms with Crippen molar-refractivity contribution in [1.82, 2.24) is 5.32 Å². The van der Waals surface area contributed by atoms with Gasteiger partial charge in [0.25, 0.3) is 5.91 Å². The summed E-state index contributed by atoms with van der Waals surface area (Å²) in [7, 11) is 0. The van der Waals surface area contributed by atoms with E-state index in [0.717, 1.165) is 6.07 Å². The van der Waals surface area contributed by atoms with Crippen LogP contribution in [0.4, 0.5) is 8.78 Å². The van der Waals surface area contributed by atoms with Gasteiger partial charge < -0.3 is 10.1 Å². The Morgan fingerprint density at radius 1 is 1.00 bits per heavy atom. The summed E-state index contributed by atoms with van der Waals surface area (Å²) in [5, 5.41) is 2.48. The lowest BCUT2D eigenvalue weighted by Crippen LogP contribution is -2.45. The third-order valence-electron chi connectivity index (χ3n) is 3.65. The van der Waals surface area contributed by atoms with Gasteiger partial charge in [0.1, 0.15) is 24.3 Å². The van der Waals surface area contributed by atoms with Crippen LogP contribution in [0.3, 0.4) is 0 Å². The third-order valence-corrected chi connectivity index (χ3v) is 3.65. The highest BCUT2D eigenvalue weighted by Gasteiger charge is 2.27. The van der Waals surface area contributed by atoms with Gasteiger partial charge >= 0.3 is 5.97 Å². The molecule has 0 aliphatic carbocycles. The first-order valence-corrected chi connectivity index (χ1v) is 7.85. The van der Waals surface area contributed by atoms with Crippen molar-refractivity contribution in [3.63, 3.8) is 0 Å². The number of ether oxygens (including phenoxy) is 1. The summed E-state index contributed by atoms with van der Waals surface area (Å²) < 4.78 is 32.4. The Labute approximate surface area is 144 Å². The molecular weight excluding hydrogens is 328 g/mol. The summed E-state index contributed by atoms with van der Waals surface area (Å²) in [5.74, 6) is -2.86. The molecule has 2 rings (SSSR count). The highest BCUT2D eigenvalue weighted by Crippen LogP contribution is 2.12. The first-order chi connectivity index (χ1) is 11.9. The molecule has 1 atom stereocenters. The molecule has 0 aliphatic heterocycles. The van der Waals surface area contributed by atoms with Crippen LogP contribution < -0.4 is 5.32 Å². The summed E-state index contributed by atoms with van der Waals surface area (Å²) >= 11 is 0. The van der Waals surface area contributed by atoms with Gasteiger partial charge in [-0.2, -0.15) is 0 Å². The molecule has 0 radical (unpaired) electrons. The van der Waals surface area contributed by atoms with Crippen LogP contribution in [0.2, 0.25) is 0 Å². The first kappa shape index (κ1) is 18.6. The lowest BCUT2D eigenvalue weighted by Gasteiger charge is -2.21. The van der Waals surface area contributed by atoms with Crippen LogP contribution in [0.5, 0.6) is 0 Å². The van der Waals surface area contributed by atoms with E-state index in [2.05, 4.69) is 5.32 Å². The Balaban J connectivity index is 2.04. The Morgan fingerprint density at radius 2 is 1.60 bits per heavy atom. The van der Waals surface area contributed by atoms with Crippen molar-refractivity contribution in [2.45, 2.75) is 26.5 Å². The summed E-state index contributed by atoms with van der Waals surface area (Å²) in [6.07, 6.45) is 0. The normalized spacial score (nSPS) is 11.9. The molecule has 0 aromatic heterocycles. The Morgan fingerprint density at radius 3 is 2.20 bits per heavy atom. The van der Waals surface area contributed by atoms with E-state index in [1.165, 1.54) is 36.4 Å². The van der Waals surface area contributed by atoms with E-state index in [0.29, 0.717) is 0 Å². The van der Waals surface area contributed by atoms with Gasteiger partial charge in [-0.25, -0.2) is 13.6 Å². The smallest absolute Gasteiger partial charge is 0.329 e. The molecule has 0 heterocycles. The molecule has 0 aliphatic rings. The van der Waals surface area contributed by atoms with Crippen molar-refractivity contribution in [3.05, 3.63) is 71.3 Å². The molecule has 4 nitrogen and oxygen atoms in total. The molecule has 2 aromatic carbocycles. The minimum atomic E-state index is -0.973. The van der Waals surface area contributed by atoms with Gasteiger partial charge in [0, 0.05) is 5.56 Å². The Bertz CT molecular complexity index is 762. The highest BCUT2D eigenvalue weighted by molar-refractivity contribution is 5.97. The zero-order chi connectivity index (χ0) is 18.4. The molecule has 25 heavy (non-hydrogen) atoms. The largest absolute Gasteiger partial charge is 0.459 e. The Kier molecular flexibility index (Phi) is 6.22. The quantitative estimate of drug-likeness (QED) is 0.814. The van der Waals surface area contributed by atoms with Crippen molar-refractivity contribution >= 4 is 11.9 Å². The molecular formula is C19H19F2NO3. The fourth-order valence-corrected chi connectivity index (χ4v) is 2.22. The molecule has 1 amide bonds. The van der Waals surface area contributed by atoms with E-state index in [-0.39, 0.29) is 23.7 Å². The zero-order valence-electron chi connectivity index (χ0n) is 14.0. The summed E-state index contributed by atoms with van der Waals surface area (Å²) in [4.78, 5) is 24.5. The molecule has 0 spiro atoms. The first-order valence-electron chi connectivity index (χ1n) is 7.85. The number of carbonyl (C=O) groups is 2. The average Bonchev–Trinajstić information content (AvgIpc) is 2.58. The van der Waals surface area contributed by atoms with E-state index in [4.69, 9.17) is 4.74 Å². The number of carbonyl (C=O) groups excluding carboxylic acids is 2. The second kappa shape index (κ2) is 8.37. The molecule has 1 N–H and O–H groups in total. The fourth-order valence-electron chi connectivity index (χ4n) is 2.22. The van der Waals surface area contributed by atoms with Crippen molar-refractivity contribution < 1.29 is 23.1 Å². The predicted octanol–water partition coefficient (Wildman–Crippen LogP) is 3.46. The SMILES string of the molecule is CC(C)[C@H](NC(=O)c1ccccc1F)C(=O)OCc1ccccc1F. The number of benzene rings is 2. The molecule has 0 saturated carbocycles. The molecule has 0 saturated heterocycles. The Hall–Kier alpha value is -2.76. The van der Waals surface area contributed by atoms with Crippen molar-refractivity contribution in [2.24, 2.45) is 5.92 Å². The summed E-state index contributed by atoms with van der Waals surface area (Å²) in [6, 6.07) is 10.4. The lowest BCUT2D eigenvalue weighted by molar-refractivity contribution is -0.148. The van der Waals surface area contributed by atoms with Gasteiger partial charge in [-0.15, -0.1) is 0 Å². The monoisotopic (exact) mass is 347 g/mol. The van der Waals surface area contributed by atoms with Crippen LogP contribution in [-0.4, -0.2) is 17.9 Å². The molecule has 2 aromatic rings. The van der Waals surface area contributed by atoms with Gasteiger partial charge in [0.05, 0.1) is 5.56 Å². The standard InChI is InChI=1S/C19H19F2NO3/c1-12(2)17(22-18(23)14-8-4-6-10-16(14)21)19(24)25-11-13-7-3-5-9-15(13)20/h3-10,12,17H,11H2,1-2H3,(H,22,23)/t17-/m0/s1. The number of hydrogen-bond donors (Lipinski definition) is 1. The van der Waals surface area contributed by atoms with Gasteiger partial charge in [-0.05, 0) is 24.1 Å². The van der Waals surface area contributed by atoms with E-state index in [9.17, 15) is 18.4 Å². The van der Waals surface area contributed by atoms with Crippen LogP contribution in [0.1, 0.15) is 29.8 Å². The van der Waals surface area contributed by atoms with Gasteiger partial charge in [-0.1, -0.05) is 44.2 Å². The van der Waals surface area contributed by atoms with Crippen LogP contribution in [0.25, 0.3) is 0 Å². The van der Waals surface area contributed by atoms with E-state index in [1.54, 1.807) is 19.9 Å². The van der Waals surface area contributed by atoms with Crippen LogP contribution >= 0.6 is 0 Å². The van der Waals surface area contributed by atoms with Crippen LogP contribution in [-0.2, 0) is 16.1 Å². The van der Waals surface area contributed by atoms with Gasteiger partial charge in [0.2, 0.25) is 0 Å². The molecule has 0 bridgehead atoms. The minimum absolute atomic E-state index is 0.157. The van der Waals surface area contributed by atoms with Gasteiger partial charge in [-0.3, -0.25) is 4.79 Å². The fraction of sp³-hybridized carbons (Fsp3) is 0.263. The van der Waals surface area contributed by atoms with E-state index < -0.39 is 29.6 Å².